The van der Waals surface area contributed by atoms with Crippen LogP contribution in [0.1, 0.15) is 56.3 Å². The van der Waals surface area contributed by atoms with Crippen molar-refractivity contribution in [3.05, 3.63) is 82.2 Å². The van der Waals surface area contributed by atoms with E-state index in [-0.39, 0.29) is 11.7 Å². The smallest absolute Gasteiger partial charge is 0.292 e. The molecule has 0 atom stereocenters. The number of hydrogen-bond acceptors (Lipinski definition) is 5. The fourth-order valence-corrected chi connectivity index (χ4v) is 3.57. The van der Waals surface area contributed by atoms with Gasteiger partial charge in [0.2, 0.25) is 0 Å². The second-order valence-corrected chi connectivity index (χ2v) is 7.33. The van der Waals surface area contributed by atoms with Gasteiger partial charge in [0.1, 0.15) is 17.4 Å². The Kier molecular flexibility index (Phi) is 5.62. The number of pyridine rings is 1. The van der Waals surface area contributed by atoms with E-state index in [4.69, 9.17) is 4.42 Å². The maximum atomic E-state index is 13.1. The van der Waals surface area contributed by atoms with Gasteiger partial charge >= 0.3 is 0 Å². The molecule has 1 aromatic carbocycles. The molecular weight excluding hydrogens is 399 g/mol. The lowest BCUT2D eigenvalue weighted by Gasteiger charge is -2.13. The van der Waals surface area contributed by atoms with Crippen molar-refractivity contribution < 1.29 is 18.4 Å². The van der Waals surface area contributed by atoms with Crippen LogP contribution in [0, 0.1) is 19.7 Å². The van der Waals surface area contributed by atoms with Gasteiger partial charge < -0.3 is 9.73 Å². The molecule has 2 amide bonds. The summed E-state index contributed by atoms with van der Waals surface area (Å²) in [5.74, 6) is 0.0670. The fourth-order valence-electron chi connectivity index (χ4n) is 3.57. The zero-order valence-electron chi connectivity index (χ0n) is 17.2. The summed E-state index contributed by atoms with van der Waals surface area (Å²) in [5.41, 5.74) is 5.66. The Labute approximate surface area is 178 Å². The van der Waals surface area contributed by atoms with Crippen LogP contribution in [-0.4, -0.2) is 22.5 Å². The van der Waals surface area contributed by atoms with Crippen molar-refractivity contribution in [2.45, 2.75) is 33.1 Å². The Hall–Kier alpha value is -3.81. The van der Waals surface area contributed by atoms with Gasteiger partial charge in [0.25, 0.3) is 11.8 Å². The van der Waals surface area contributed by atoms with Crippen molar-refractivity contribution in [3.63, 3.8) is 0 Å². The van der Waals surface area contributed by atoms with Crippen molar-refractivity contribution in [2.24, 2.45) is 5.10 Å². The van der Waals surface area contributed by atoms with E-state index in [1.807, 2.05) is 19.1 Å². The molecule has 0 fully saturated rings. The highest BCUT2D eigenvalue weighted by Crippen LogP contribution is 2.30. The summed E-state index contributed by atoms with van der Waals surface area (Å²) >= 11 is 0. The number of fused-ring (bicyclic) bond motifs is 1. The predicted molar refractivity (Wildman–Crippen MR) is 114 cm³/mol. The van der Waals surface area contributed by atoms with Crippen LogP contribution in [0.5, 0.6) is 0 Å². The first-order valence-corrected chi connectivity index (χ1v) is 9.92. The number of aryl methyl sites for hydroxylation is 2. The Bertz CT molecular complexity index is 1180. The molecule has 2 heterocycles. The summed E-state index contributed by atoms with van der Waals surface area (Å²) in [4.78, 5) is 29.3. The minimum absolute atomic E-state index is 0.202. The number of nitrogens with one attached hydrogen (secondary N) is 2. The Morgan fingerprint density at radius 3 is 2.58 bits per heavy atom. The highest BCUT2D eigenvalue weighted by atomic mass is 19.1. The number of carbonyl (C=O) groups excluding carboxylic acids is 2. The van der Waals surface area contributed by atoms with E-state index in [2.05, 4.69) is 20.8 Å². The van der Waals surface area contributed by atoms with Crippen LogP contribution in [-0.2, 0) is 6.42 Å². The average Bonchev–Trinajstić information content (AvgIpc) is 3.10. The minimum Gasteiger partial charge on any atom is -0.455 e. The number of furan rings is 1. The van der Waals surface area contributed by atoms with Gasteiger partial charge in [-0.05, 0) is 63.1 Å². The number of nitrogens with zero attached hydrogens (tertiary/aromatic N) is 2. The number of rotatable bonds is 4. The minimum atomic E-state index is -0.441. The first-order valence-electron chi connectivity index (χ1n) is 9.92. The molecule has 158 valence electrons. The second kappa shape index (κ2) is 8.51. The number of amides is 2. The lowest BCUT2D eigenvalue weighted by molar-refractivity contribution is 0.0953. The lowest BCUT2D eigenvalue weighted by atomic mass is 9.93. The summed E-state index contributed by atoms with van der Waals surface area (Å²) < 4.78 is 18.9. The van der Waals surface area contributed by atoms with E-state index in [9.17, 15) is 14.0 Å². The summed E-state index contributed by atoms with van der Waals surface area (Å²) in [7, 11) is 0. The molecule has 2 aromatic heterocycles. The molecule has 0 unspecified atom stereocenters. The van der Waals surface area contributed by atoms with Gasteiger partial charge in [0, 0.05) is 28.8 Å². The first-order chi connectivity index (χ1) is 14.9. The van der Waals surface area contributed by atoms with E-state index < -0.39 is 11.7 Å². The summed E-state index contributed by atoms with van der Waals surface area (Å²) in [6, 6.07) is 10.6. The number of benzene rings is 1. The Balaban J connectivity index is 1.56. The standard InChI is InChI=1S/C23H21FN4O3/c1-13-5-3-8-19(25-13)26-23(30)21-14(2)20-17(6-4-7-18(20)31-21)27-28-22(29)15-9-11-16(24)12-10-15/h3,5,8-12H,4,6-7H2,1-2H3,(H,28,29)(H,25,26,30)/b27-17+. The molecule has 0 aliphatic heterocycles. The molecule has 0 bridgehead atoms. The Morgan fingerprint density at radius 2 is 1.84 bits per heavy atom. The normalized spacial score (nSPS) is 14.2. The molecule has 31 heavy (non-hydrogen) atoms. The summed E-state index contributed by atoms with van der Waals surface area (Å²) in [5, 5.41) is 7.03. The third-order valence-corrected chi connectivity index (χ3v) is 5.06. The average molecular weight is 420 g/mol. The lowest BCUT2D eigenvalue weighted by Crippen LogP contribution is -2.22. The molecule has 0 saturated carbocycles. The molecule has 8 heteroatoms. The monoisotopic (exact) mass is 420 g/mol. The van der Waals surface area contributed by atoms with Gasteiger partial charge in [-0.1, -0.05) is 6.07 Å². The highest BCUT2D eigenvalue weighted by Gasteiger charge is 2.28. The van der Waals surface area contributed by atoms with Crippen molar-refractivity contribution in [2.75, 3.05) is 5.32 Å². The van der Waals surface area contributed by atoms with E-state index in [1.54, 1.807) is 13.0 Å². The SMILES string of the molecule is Cc1cccc(NC(=O)c2oc3c(c2C)/C(=N/NC(=O)c2ccc(F)cc2)CCC3)n1. The number of carbonyl (C=O) groups is 2. The van der Waals surface area contributed by atoms with E-state index in [1.165, 1.54) is 24.3 Å². The van der Waals surface area contributed by atoms with Crippen molar-refractivity contribution >= 4 is 23.3 Å². The topological polar surface area (TPSA) is 96.6 Å². The predicted octanol–water partition coefficient (Wildman–Crippen LogP) is 4.15. The van der Waals surface area contributed by atoms with E-state index in [0.717, 1.165) is 17.7 Å². The fraction of sp³-hybridized carbons (Fsp3) is 0.217. The van der Waals surface area contributed by atoms with Gasteiger partial charge in [-0.3, -0.25) is 9.59 Å². The molecule has 0 radical (unpaired) electrons. The number of hydrazone groups is 1. The summed E-state index contributed by atoms with van der Waals surface area (Å²) in [6.07, 6.45) is 2.10. The van der Waals surface area contributed by atoms with E-state index in [0.29, 0.717) is 41.3 Å². The number of hydrogen-bond donors (Lipinski definition) is 2. The molecule has 0 spiro atoms. The second-order valence-electron chi connectivity index (χ2n) is 7.33. The van der Waals surface area contributed by atoms with Crippen LogP contribution in [0.3, 0.4) is 0 Å². The van der Waals surface area contributed by atoms with Crippen molar-refractivity contribution in [1.82, 2.24) is 10.4 Å². The highest BCUT2D eigenvalue weighted by molar-refractivity contribution is 6.09. The maximum Gasteiger partial charge on any atom is 0.292 e. The summed E-state index contributed by atoms with van der Waals surface area (Å²) in [6.45, 7) is 3.64. The maximum absolute atomic E-state index is 13.1. The molecule has 1 aliphatic rings. The Morgan fingerprint density at radius 1 is 1.06 bits per heavy atom. The van der Waals surface area contributed by atoms with Crippen LogP contribution >= 0.6 is 0 Å². The van der Waals surface area contributed by atoms with Crippen molar-refractivity contribution in [3.8, 4) is 0 Å². The third kappa shape index (κ3) is 4.37. The van der Waals surface area contributed by atoms with Gasteiger partial charge in [0.15, 0.2) is 5.76 Å². The van der Waals surface area contributed by atoms with Crippen LogP contribution in [0.4, 0.5) is 10.2 Å². The largest absolute Gasteiger partial charge is 0.455 e. The quantitative estimate of drug-likeness (QED) is 0.620. The number of anilines is 1. The van der Waals surface area contributed by atoms with Gasteiger partial charge in [-0.15, -0.1) is 0 Å². The molecule has 1 aliphatic carbocycles. The zero-order valence-corrected chi connectivity index (χ0v) is 17.2. The zero-order chi connectivity index (χ0) is 22.0. The number of aromatic nitrogens is 1. The molecule has 3 aromatic rings. The van der Waals surface area contributed by atoms with E-state index >= 15 is 0 Å². The first kappa shape index (κ1) is 20.5. The van der Waals surface area contributed by atoms with Gasteiger partial charge in [0.05, 0.1) is 5.71 Å². The molecule has 7 nitrogen and oxygen atoms in total. The van der Waals surface area contributed by atoms with Crippen LogP contribution in [0.25, 0.3) is 0 Å². The van der Waals surface area contributed by atoms with Crippen LogP contribution in [0.15, 0.2) is 52.0 Å². The van der Waals surface area contributed by atoms with Crippen LogP contribution in [0.2, 0.25) is 0 Å². The van der Waals surface area contributed by atoms with Gasteiger partial charge in [-0.25, -0.2) is 14.8 Å². The van der Waals surface area contributed by atoms with Crippen molar-refractivity contribution in [1.29, 1.82) is 0 Å². The molecule has 0 saturated heterocycles. The number of halogens is 1. The van der Waals surface area contributed by atoms with Gasteiger partial charge in [-0.2, -0.15) is 5.10 Å². The molecular formula is C23H21FN4O3. The molecule has 4 rings (SSSR count). The third-order valence-electron chi connectivity index (χ3n) is 5.06. The molecule has 2 N–H and O–H groups in total. The van der Waals surface area contributed by atoms with Crippen LogP contribution < -0.4 is 10.7 Å².